The van der Waals surface area contributed by atoms with Crippen molar-refractivity contribution in [1.29, 1.82) is 0 Å². The van der Waals surface area contributed by atoms with E-state index in [9.17, 15) is 19.5 Å². The molecule has 1 aromatic heterocycles. The highest BCUT2D eigenvalue weighted by molar-refractivity contribution is 6.30. The van der Waals surface area contributed by atoms with E-state index < -0.39 is 66.1 Å². The summed E-state index contributed by atoms with van der Waals surface area (Å²) in [6, 6.07) is 3.35. The van der Waals surface area contributed by atoms with Gasteiger partial charge in [0.25, 0.3) is 0 Å². The number of allylic oxidation sites excluding steroid dienone is 3. The van der Waals surface area contributed by atoms with E-state index in [4.69, 9.17) is 35.3 Å². The van der Waals surface area contributed by atoms with Crippen molar-refractivity contribution in [1.82, 2.24) is 0 Å². The predicted molar refractivity (Wildman–Crippen MR) is 170 cm³/mol. The number of carbonyl (C=O) groups excluding carboxylic acids is 3. The second-order valence-electron chi connectivity index (χ2n) is 13.5. The number of aliphatic hydroxyl groups excluding tert-OH is 1. The molecule has 1 aromatic rings. The van der Waals surface area contributed by atoms with Crippen LogP contribution < -0.4 is 4.57 Å². The van der Waals surface area contributed by atoms with Crippen LogP contribution in [-0.4, -0.2) is 72.3 Å². The molecule has 47 heavy (non-hydrogen) atoms. The third-order valence-electron chi connectivity index (χ3n) is 10.6. The van der Waals surface area contributed by atoms with Gasteiger partial charge in [0.15, 0.2) is 18.5 Å². The number of esters is 3. The zero-order valence-electron chi connectivity index (χ0n) is 27.3. The summed E-state index contributed by atoms with van der Waals surface area (Å²) < 4.78 is 32.3. The molecule has 6 rings (SSSR count). The summed E-state index contributed by atoms with van der Waals surface area (Å²) in [4.78, 5) is 39.7. The molecular weight excluding hydrogens is 626 g/mol. The Kier molecular flexibility index (Phi) is 9.50. The van der Waals surface area contributed by atoms with E-state index in [1.54, 1.807) is 42.1 Å². The van der Waals surface area contributed by atoms with E-state index in [1.165, 1.54) is 7.11 Å². The van der Waals surface area contributed by atoms with Crippen molar-refractivity contribution in [2.24, 2.45) is 29.6 Å². The van der Waals surface area contributed by atoms with E-state index in [0.29, 0.717) is 17.0 Å². The van der Waals surface area contributed by atoms with Gasteiger partial charge in [0.05, 0.1) is 11.1 Å². The molecule has 252 valence electrons. The summed E-state index contributed by atoms with van der Waals surface area (Å²) in [7, 11) is 1.46. The first-order chi connectivity index (χ1) is 22.4. The average molecular weight is 669 g/mol. The minimum absolute atomic E-state index is 0.0445. The molecular formula is C36H43ClNO9+. The summed E-state index contributed by atoms with van der Waals surface area (Å²) in [6.45, 7) is 7.43. The molecule has 1 saturated heterocycles. The fourth-order valence-electron chi connectivity index (χ4n) is 8.29. The lowest BCUT2D eigenvalue weighted by atomic mass is 9.57. The van der Waals surface area contributed by atoms with Crippen molar-refractivity contribution in [3.8, 4) is 0 Å². The van der Waals surface area contributed by atoms with Crippen LogP contribution in [0.5, 0.6) is 0 Å². The van der Waals surface area contributed by atoms with Crippen LogP contribution in [0.1, 0.15) is 40.5 Å². The third kappa shape index (κ3) is 6.09. The second kappa shape index (κ2) is 13.3. The molecule has 0 radical (unpaired) electrons. The van der Waals surface area contributed by atoms with Crippen LogP contribution in [-0.2, 0) is 44.6 Å². The maximum absolute atomic E-state index is 13.6. The lowest BCUT2D eigenvalue weighted by Gasteiger charge is -2.49. The molecule has 1 spiro atoms. The maximum atomic E-state index is 13.6. The van der Waals surface area contributed by atoms with E-state index in [0.717, 1.165) is 5.57 Å². The Labute approximate surface area is 280 Å². The van der Waals surface area contributed by atoms with Crippen molar-refractivity contribution >= 4 is 29.5 Å². The van der Waals surface area contributed by atoms with Crippen molar-refractivity contribution in [3.63, 3.8) is 0 Å². The number of carbonyl (C=O) groups is 3. The van der Waals surface area contributed by atoms with E-state index in [-0.39, 0.29) is 36.6 Å². The van der Waals surface area contributed by atoms with Crippen LogP contribution in [0.25, 0.3) is 0 Å². The highest BCUT2D eigenvalue weighted by atomic mass is 35.5. The van der Waals surface area contributed by atoms with Crippen LogP contribution >= 0.6 is 11.6 Å². The van der Waals surface area contributed by atoms with Gasteiger partial charge in [-0.3, -0.25) is 0 Å². The van der Waals surface area contributed by atoms with E-state index >= 15 is 0 Å². The van der Waals surface area contributed by atoms with Gasteiger partial charge in [-0.05, 0) is 32.3 Å². The molecule has 12 atom stereocenters. The van der Waals surface area contributed by atoms with Crippen LogP contribution in [0.3, 0.4) is 0 Å². The third-order valence-corrected chi connectivity index (χ3v) is 10.9. The Hall–Kier alpha value is -3.31. The highest BCUT2D eigenvalue weighted by Gasteiger charge is 2.69. The molecule has 3 heterocycles. The van der Waals surface area contributed by atoms with Crippen LogP contribution in [0.2, 0.25) is 5.02 Å². The first-order valence-corrected chi connectivity index (χ1v) is 16.7. The average Bonchev–Trinajstić information content (AvgIpc) is 3.64. The lowest BCUT2D eigenvalue weighted by molar-refractivity contribution is -0.686. The lowest BCUT2D eigenvalue weighted by Crippen LogP contribution is -2.57. The summed E-state index contributed by atoms with van der Waals surface area (Å²) in [5, 5.41) is 12.5. The number of aromatic nitrogens is 1. The number of cyclic esters (lactones) is 1. The molecule has 1 N–H and O–H groups in total. The van der Waals surface area contributed by atoms with Crippen molar-refractivity contribution < 1.29 is 47.7 Å². The van der Waals surface area contributed by atoms with Gasteiger partial charge < -0.3 is 28.8 Å². The zero-order valence-corrected chi connectivity index (χ0v) is 28.0. The Bertz CT molecular complexity index is 1520. The molecule has 0 amide bonds. The SMILES string of the molecule is CO[C@H]1C[C@H]2C=C[C@H]3[C@H]4O[C@]2(/C(C)=C/[C@@H](C)[C@@H]([C@@H](C)OC(=O)C[n+]2ccc(Cl)cc2)OC1=O)[C@@H]3[C@H](O)[C@@H](C)[C@H]4OC(=O)C1=CC=CC1. The van der Waals surface area contributed by atoms with Crippen LogP contribution in [0.15, 0.2) is 72.1 Å². The molecule has 1 saturated carbocycles. The Morgan fingerprint density at radius 1 is 1.21 bits per heavy atom. The Morgan fingerprint density at radius 2 is 1.96 bits per heavy atom. The molecule has 0 aromatic carbocycles. The summed E-state index contributed by atoms with van der Waals surface area (Å²) in [6.07, 6.45) is 11.1. The molecule has 2 aliphatic heterocycles. The van der Waals surface area contributed by atoms with Gasteiger partial charge >= 0.3 is 17.9 Å². The molecule has 11 heteroatoms. The van der Waals surface area contributed by atoms with Crippen molar-refractivity contribution in [2.45, 2.75) is 89.3 Å². The van der Waals surface area contributed by atoms with Gasteiger partial charge in [-0.1, -0.05) is 61.9 Å². The van der Waals surface area contributed by atoms with E-state index in [2.05, 4.69) is 0 Å². The number of halogens is 1. The molecule has 0 unspecified atom stereocenters. The van der Waals surface area contributed by atoms with Crippen molar-refractivity contribution in [3.05, 3.63) is 77.2 Å². The van der Waals surface area contributed by atoms with Gasteiger partial charge in [0, 0.05) is 54.4 Å². The minimum atomic E-state index is -0.995. The van der Waals surface area contributed by atoms with Crippen LogP contribution in [0, 0.1) is 29.6 Å². The number of aliphatic hydroxyl groups is 1. The predicted octanol–water partition coefficient (Wildman–Crippen LogP) is 3.84. The number of rotatable bonds is 7. The standard InChI is InChI=1S/C36H43ClNO9/c1-19-16-20(2)36-24(10-11-26-29(36)30(40)21(3)32(33(26)47-36)46-34(41)23-8-6-7-9-23)17-27(43-5)35(42)45-31(19)22(4)44-28(39)18-38-14-12-25(37)13-15-38/h6-8,10-16,19,21-22,24,26-27,29-33,40H,9,17-18H2,1-5H3/q+1/b20-16+/t19-,21-,22-,24-,26-,27+,29+,30-,31+,32-,33-,36+/m1/s1. The largest absolute Gasteiger partial charge is 0.456 e. The highest BCUT2D eigenvalue weighted by Crippen LogP contribution is 2.61. The number of ether oxygens (including phenoxy) is 5. The molecule has 10 nitrogen and oxygen atoms in total. The van der Waals surface area contributed by atoms with Gasteiger partial charge in [-0.15, -0.1) is 0 Å². The smallest absolute Gasteiger partial charge is 0.373 e. The number of hydrogen-bond donors (Lipinski definition) is 1. The zero-order chi connectivity index (χ0) is 33.6. The maximum Gasteiger partial charge on any atom is 0.373 e. The number of hydrogen-bond acceptors (Lipinski definition) is 9. The van der Waals surface area contributed by atoms with Gasteiger partial charge in [-0.2, -0.15) is 4.57 Å². The molecule has 4 bridgehead atoms. The monoisotopic (exact) mass is 668 g/mol. The normalized spacial score (nSPS) is 39.2. The van der Waals surface area contributed by atoms with E-state index in [1.807, 2.05) is 51.2 Å². The molecule has 2 fully saturated rings. The van der Waals surface area contributed by atoms with Gasteiger partial charge in [-0.25, -0.2) is 14.4 Å². The summed E-state index contributed by atoms with van der Waals surface area (Å²) >= 11 is 5.97. The Morgan fingerprint density at radius 3 is 2.64 bits per heavy atom. The summed E-state index contributed by atoms with van der Waals surface area (Å²) in [5.74, 6) is -3.16. The quantitative estimate of drug-likeness (QED) is 0.200. The number of pyridine rings is 1. The first kappa shape index (κ1) is 33.6. The minimum Gasteiger partial charge on any atom is -0.456 e. The fraction of sp³-hybridized carbons (Fsp3) is 0.556. The molecule has 5 aliphatic rings. The molecule has 3 aliphatic carbocycles. The second-order valence-corrected chi connectivity index (χ2v) is 13.9. The Balaban J connectivity index is 1.30. The van der Waals surface area contributed by atoms with Gasteiger partial charge in [0.1, 0.15) is 30.0 Å². The van der Waals surface area contributed by atoms with Crippen LogP contribution in [0.4, 0.5) is 0 Å². The fourth-order valence-corrected chi connectivity index (χ4v) is 8.40. The number of nitrogens with zero attached hydrogens (tertiary/aromatic N) is 1. The topological polar surface area (TPSA) is 121 Å². The summed E-state index contributed by atoms with van der Waals surface area (Å²) in [5.41, 5.74) is 0.440. The van der Waals surface area contributed by atoms with Gasteiger partial charge in [0.2, 0.25) is 6.54 Å². The van der Waals surface area contributed by atoms with Crippen molar-refractivity contribution in [2.75, 3.05) is 7.11 Å². The first-order valence-electron chi connectivity index (χ1n) is 16.3. The number of methoxy groups -OCH3 is 1.